The molecular weight excluding hydrogens is 417 g/mol. The average molecular weight is 430 g/mol. The fourth-order valence-electron chi connectivity index (χ4n) is 2.79. The molecule has 1 amide bonds. The van der Waals surface area contributed by atoms with Gasteiger partial charge in [0.25, 0.3) is 11.6 Å². The number of ether oxygens (including phenoxy) is 1. The van der Waals surface area contributed by atoms with Crippen molar-refractivity contribution in [2.24, 2.45) is 0 Å². The molecule has 0 spiro atoms. The Balaban J connectivity index is 1.55. The molecule has 1 N–H and O–H groups in total. The molecule has 0 unspecified atom stereocenters. The van der Waals surface area contributed by atoms with Gasteiger partial charge in [0.05, 0.1) is 28.6 Å². The van der Waals surface area contributed by atoms with Crippen LogP contribution in [-0.4, -0.2) is 28.6 Å². The van der Waals surface area contributed by atoms with E-state index in [4.69, 9.17) is 25.3 Å². The van der Waals surface area contributed by atoms with Crippen molar-refractivity contribution in [2.45, 2.75) is 6.92 Å². The molecule has 4 aromatic rings. The number of anilines is 1. The average Bonchev–Trinajstić information content (AvgIpc) is 3.39. The third kappa shape index (κ3) is 3.87. The van der Waals surface area contributed by atoms with Crippen LogP contribution in [0.15, 0.2) is 51.6 Å². The Hall–Kier alpha value is -3.72. The number of fused-ring (bicyclic) bond motifs is 1. The molecule has 3 heterocycles. The molecule has 152 valence electrons. The normalized spacial score (nSPS) is 10.9. The van der Waals surface area contributed by atoms with Gasteiger partial charge in [0.1, 0.15) is 11.5 Å². The van der Waals surface area contributed by atoms with Crippen LogP contribution < -0.4 is 5.32 Å². The first-order chi connectivity index (χ1) is 14.4. The van der Waals surface area contributed by atoms with E-state index in [0.29, 0.717) is 22.5 Å². The van der Waals surface area contributed by atoms with E-state index in [2.05, 4.69) is 15.5 Å². The molecule has 0 aliphatic carbocycles. The second kappa shape index (κ2) is 7.96. The quantitative estimate of drug-likeness (QED) is 0.469. The lowest BCUT2D eigenvalue weighted by Gasteiger charge is -2.09. The number of rotatable bonds is 5. The summed E-state index contributed by atoms with van der Waals surface area (Å²) in [5.41, 5.74) is 0.873. The molecule has 1 aromatic carbocycles. The molecule has 8 nitrogen and oxygen atoms in total. The number of esters is 1. The summed E-state index contributed by atoms with van der Waals surface area (Å²) in [6.45, 7) is 1.00. The lowest BCUT2D eigenvalue weighted by atomic mass is 10.1. The van der Waals surface area contributed by atoms with Crippen molar-refractivity contribution in [3.8, 4) is 11.5 Å². The standard InChI is InChI=1S/C20H13ClFN3O5/c1-10-18-12(8-15(16-3-2-6-28-16)24-19(18)30-25-10)20(27)29-9-17(26)23-14-7-11(21)4-5-13(14)22/h2-8H,9H2,1H3,(H,23,26). The number of benzene rings is 1. The first-order valence-corrected chi connectivity index (χ1v) is 9.03. The Morgan fingerprint density at radius 3 is 2.87 bits per heavy atom. The molecule has 0 saturated carbocycles. The van der Waals surface area contributed by atoms with E-state index in [1.54, 1.807) is 19.1 Å². The zero-order valence-corrected chi connectivity index (χ0v) is 16.2. The number of nitrogens with one attached hydrogen (secondary N) is 1. The number of furan rings is 1. The van der Waals surface area contributed by atoms with Crippen LogP contribution in [0.3, 0.4) is 0 Å². The van der Waals surface area contributed by atoms with Gasteiger partial charge in [-0.15, -0.1) is 0 Å². The van der Waals surface area contributed by atoms with Gasteiger partial charge in [0.2, 0.25) is 0 Å². The first kappa shape index (κ1) is 19.6. The molecule has 3 aromatic heterocycles. The topological polar surface area (TPSA) is 107 Å². The smallest absolute Gasteiger partial charge is 0.339 e. The monoisotopic (exact) mass is 429 g/mol. The number of carbonyl (C=O) groups excluding carboxylic acids is 2. The van der Waals surface area contributed by atoms with Gasteiger partial charge in [0.15, 0.2) is 12.4 Å². The summed E-state index contributed by atoms with van der Waals surface area (Å²) in [7, 11) is 0. The summed E-state index contributed by atoms with van der Waals surface area (Å²) in [5.74, 6) is -1.79. The van der Waals surface area contributed by atoms with E-state index in [-0.39, 0.29) is 22.0 Å². The van der Waals surface area contributed by atoms with E-state index < -0.39 is 24.3 Å². The molecule has 0 saturated heterocycles. The minimum absolute atomic E-state index is 0.104. The maximum absolute atomic E-state index is 13.7. The third-order valence-electron chi connectivity index (χ3n) is 4.15. The minimum atomic E-state index is -0.803. The molecule has 0 aliphatic rings. The number of hydrogen-bond donors (Lipinski definition) is 1. The van der Waals surface area contributed by atoms with Crippen LogP contribution >= 0.6 is 11.6 Å². The third-order valence-corrected chi connectivity index (χ3v) is 4.38. The number of halogens is 2. The Bertz CT molecular complexity index is 1250. The zero-order valence-electron chi connectivity index (χ0n) is 15.4. The number of carbonyl (C=O) groups is 2. The van der Waals surface area contributed by atoms with Crippen molar-refractivity contribution in [3.63, 3.8) is 0 Å². The molecule has 0 fully saturated rings. The summed E-state index contributed by atoms with van der Waals surface area (Å²) < 4.78 is 29.3. The fourth-order valence-corrected chi connectivity index (χ4v) is 2.97. The summed E-state index contributed by atoms with van der Waals surface area (Å²) >= 11 is 5.79. The van der Waals surface area contributed by atoms with Crippen molar-refractivity contribution in [1.29, 1.82) is 0 Å². The molecule has 4 rings (SSSR count). The van der Waals surface area contributed by atoms with Crippen molar-refractivity contribution >= 4 is 40.3 Å². The van der Waals surface area contributed by atoms with E-state index in [9.17, 15) is 14.0 Å². The largest absolute Gasteiger partial charge is 0.463 e. The molecule has 0 aliphatic heterocycles. The molecule has 0 radical (unpaired) electrons. The van der Waals surface area contributed by atoms with Crippen LogP contribution in [0.4, 0.5) is 10.1 Å². The highest BCUT2D eigenvalue weighted by molar-refractivity contribution is 6.30. The molecule has 0 atom stereocenters. The molecular formula is C20H13ClFN3O5. The Kier molecular flexibility index (Phi) is 5.20. The van der Waals surface area contributed by atoms with Gasteiger partial charge in [-0.3, -0.25) is 4.79 Å². The van der Waals surface area contributed by atoms with Gasteiger partial charge in [0, 0.05) is 5.02 Å². The van der Waals surface area contributed by atoms with Gasteiger partial charge in [-0.2, -0.15) is 0 Å². The second-order valence-electron chi connectivity index (χ2n) is 6.23. The summed E-state index contributed by atoms with van der Waals surface area (Å²) in [4.78, 5) is 29.1. The highest BCUT2D eigenvalue weighted by atomic mass is 35.5. The fraction of sp³-hybridized carbons (Fsp3) is 0.100. The van der Waals surface area contributed by atoms with Gasteiger partial charge >= 0.3 is 5.97 Å². The van der Waals surface area contributed by atoms with Crippen molar-refractivity contribution < 1.29 is 27.7 Å². The SMILES string of the molecule is Cc1noc2nc(-c3ccco3)cc(C(=O)OCC(=O)Nc3cc(Cl)ccc3F)c12. The minimum Gasteiger partial charge on any atom is -0.463 e. The predicted molar refractivity (Wildman–Crippen MR) is 105 cm³/mol. The van der Waals surface area contributed by atoms with Crippen molar-refractivity contribution in [3.05, 3.63) is 64.8 Å². The molecule has 10 heteroatoms. The number of nitrogens with zero attached hydrogens (tertiary/aromatic N) is 2. The van der Waals surface area contributed by atoms with E-state index in [1.807, 2.05) is 0 Å². The zero-order chi connectivity index (χ0) is 21.3. The molecule has 30 heavy (non-hydrogen) atoms. The summed E-state index contributed by atoms with van der Waals surface area (Å²) in [6, 6.07) is 8.51. The van der Waals surface area contributed by atoms with Crippen LogP contribution in [0, 0.1) is 12.7 Å². The van der Waals surface area contributed by atoms with E-state index in [0.717, 1.165) is 6.07 Å². The maximum atomic E-state index is 13.7. The van der Waals surface area contributed by atoms with Crippen LogP contribution in [0.2, 0.25) is 5.02 Å². The highest BCUT2D eigenvalue weighted by Gasteiger charge is 2.22. The number of hydrogen-bond acceptors (Lipinski definition) is 7. The maximum Gasteiger partial charge on any atom is 0.339 e. The Labute approximate surface area is 173 Å². The number of aromatic nitrogens is 2. The van der Waals surface area contributed by atoms with E-state index in [1.165, 1.54) is 24.5 Å². The predicted octanol–water partition coefficient (Wildman–Crippen LogP) is 4.38. The summed E-state index contributed by atoms with van der Waals surface area (Å²) in [5, 5.41) is 6.73. The number of pyridine rings is 1. The van der Waals surface area contributed by atoms with Gasteiger partial charge in [-0.25, -0.2) is 14.2 Å². The first-order valence-electron chi connectivity index (χ1n) is 8.65. The lowest BCUT2D eigenvalue weighted by molar-refractivity contribution is -0.119. The van der Waals surface area contributed by atoms with Crippen LogP contribution in [-0.2, 0) is 9.53 Å². The van der Waals surface area contributed by atoms with Gasteiger partial charge < -0.3 is 19.0 Å². The van der Waals surface area contributed by atoms with E-state index >= 15 is 0 Å². The highest BCUT2D eigenvalue weighted by Crippen LogP contribution is 2.28. The Morgan fingerprint density at radius 2 is 2.10 bits per heavy atom. The molecule has 0 bridgehead atoms. The van der Waals surface area contributed by atoms with Crippen LogP contribution in [0.25, 0.3) is 22.6 Å². The second-order valence-corrected chi connectivity index (χ2v) is 6.67. The van der Waals surface area contributed by atoms with Crippen LogP contribution in [0.1, 0.15) is 16.1 Å². The van der Waals surface area contributed by atoms with Crippen LogP contribution in [0.5, 0.6) is 0 Å². The van der Waals surface area contributed by atoms with Gasteiger partial charge in [-0.05, 0) is 43.3 Å². The summed E-state index contributed by atoms with van der Waals surface area (Å²) in [6.07, 6.45) is 1.46. The van der Waals surface area contributed by atoms with Crippen molar-refractivity contribution in [2.75, 3.05) is 11.9 Å². The Morgan fingerprint density at radius 1 is 1.27 bits per heavy atom. The number of aryl methyl sites for hydroxylation is 1. The lowest BCUT2D eigenvalue weighted by Crippen LogP contribution is -2.21. The number of amides is 1. The van der Waals surface area contributed by atoms with Gasteiger partial charge in [-0.1, -0.05) is 16.8 Å². The van der Waals surface area contributed by atoms with Crippen molar-refractivity contribution in [1.82, 2.24) is 10.1 Å².